The van der Waals surface area contributed by atoms with Crippen LogP contribution in [0.1, 0.15) is 12.5 Å². The molecule has 6 heteroatoms. The van der Waals surface area contributed by atoms with Crippen LogP contribution in [0.3, 0.4) is 0 Å². The molecule has 0 saturated heterocycles. The summed E-state index contributed by atoms with van der Waals surface area (Å²) in [6.45, 7) is 2.05. The van der Waals surface area contributed by atoms with Gasteiger partial charge < -0.3 is 15.8 Å². The van der Waals surface area contributed by atoms with E-state index in [0.717, 1.165) is 12.0 Å². The molecule has 0 aromatic heterocycles. The monoisotopic (exact) mass is 261 g/mol. The molecule has 1 unspecified atom stereocenters. The van der Waals surface area contributed by atoms with Gasteiger partial charge in [-0.1, -0.05) is 25.1 Å². The van der Waals surface area contributed by atoms with Gasteiger partial charge in [-0.05, 0) is 18.1 Å². The number of nitrogens with zero attached hydrogens (tertiary/aromatic N) is 1. The van der Waals surface area contributed by atoms with Crippen LogP contribution in [-0.2, 0) is 16.0 Å². The number of nitrogens with one attached hydrogen (secondary N) is 1. The molecule has 1 heterocycles. The van der Waals surface area contributed by atoms with E-state index in [2.05, 4.69) is 10.3 Å². The van der Waals surface area contributed by atoms with E-state index in [9.17, 15) is 9.59 Å². The lowest BCUT2D eigenvalue weighted by Crippen LogP contribution is -2.53. The van der Waals surface area contributed by atoms with Crippen molar-refractivity contribution < 1.29 is 14.3 Å². The molecule has 1 atom stereocenters. The van der Waals surface area contributed by atoms with Gasteiger partial charge in [0.25, 0.3) is 11.8 Å². The van der Waals surface area contributed by atoms with E-state index in [0.29, 0.717) is 5.75 Å². The fraction of sp³-hybridized carbons (Fsp3) is 0.308. The van der Waals surface area contributed by atoms with Gasteiger partial charge >= 0.3 is 0 Å². The zero-order valence-electron chi connectivity index (χ0n) is 10.6. The Bertz CT molecular complexity index is 540. The smallest absolute Gasteiger partial charge is 0.274 e. The number of ether oxygens (including phenoxy) is 1. The van der Waals surface area contributed by atoms with Gasteiger partial charge in [0, 0.05) is 0 Å². The van der Waals surface area contributed by atoms with Crippen molar-refractivity contribution in [2.75, 3.05) is 6.61 Å². The predicted octanol–water partition coefficient (Wildman–Crippen LogP) is 0.01000. The second kappa shape index (κ2) is 5.62. The Morgan fingerprint density at radius 1 is 1.37 bits per heavy atom. The van der Waals surface area contributed by atoms with Crippen LogP contribution in [0.15, 0.2) is 29.3 Å². The molecule has 3 N–H and O–H groups in total. The Labute approximate surface area is 110 Å². The molecule has 0 spiro atoms. The molecule has 0 radical (unpaired) electrons. The summed E-state index contributed by atoms with van der Waals surface area (Å²) in [5, 5.41) is 2.44. The second-order valence-corrected chi connectivity index (χ2v) is 4.11. The number of amides is 2. The molecule has 2 amide bonds. The molecule has 1 aromatic rings. The molecule has 0 saturated carbocycles. The molecule has 2 rings (SSSR count). The maximum absolute atomic E-state index is 11.4. The van der Waals surface area contributed by atoms with Crippen LogP contribution in [0.2, 0.25) is 0 Å². The lowest BCUT2D eigenvalue weighted by atomic mass is 10.1. The van der Waals surface area contributed by atoms with Gasteiger partial charge in [0.1, 0.15) is 12.4 Å². The predicted molar refractivity (Wildman–Crippen MR) is 69.9 cm³/mol. The quantitative estimate of drug-likeness (QED) is 0.746. The third kappa shape index (κ3) is 2.97. The van der Waals surface area contributed by atoms with E-state index < -0.39 is 17.9 Å². The number of hydrogen-bond acceptors (Lipinski definition) is 4. The van der Waals surface area contributed by atoms with Crippen molar-refractivity contribution in [3.8, 4) is 5.75 Å². The van der Waals surface area contributed by atoms with Crippen molar-refractivity contribution in [2.24, 2.45) is 10.7 Å². The number of carbonyl (C=O) groups excluding carboxylic acids is 2. The maximum Gasteiger partial charge on any atom is 0.274 e. The Kier molecular flexibility index (Phi) is 3.91. The molecular weight excluding hydrogens is 246 g/mol. The van der Waals surface area contributed by atoms with Crippen molar-refractivity contribution in [2.45, 2.75) is 19.4 Å². The first-order chi connectivity index (χ1) is 9.11. The highest BCUT2D eigenvalue weighted by Crippen LogP contribution is 2.18. The fourth-order valence-corrected chi connectivity index (χ4v) is 1.71. The number of nitrogens with two attached hydrogens (primary N) is 1. The first-order valence-electron chi connectivity index (χ1n) is 6.00. The van der Waals surface area contributed by atoms with Crippen LogP contribution in [0, 0.1) is 0 Å². The maximum atomic E-state index is 11.4. The van der Waals surface area contributed by atoms with Gasteiger partial charge in [-0.15, -0.1) is 0 Å². The number of amidine groups is 1. The third-order valence-electron chi connectivity index (χ3n) is 2.78. The molecule has 0 fully saturated rings. The van der Waals surface area contributed by atoms with E-state index in [1.807, 2.05) is 31.2 Å². The average molecular weight is 261 g/mol. The van der Waals surface area contributed by atoms with Gasteiger partial charge in [0.05, 0.1) is 0 Å². The minimum atomic E-state index is -1.22. The van der Waals surface area contributed by atoms with Crippen molar-refractivity contribution in [1.29, 1.82) is 0 Å². The fourth-order valence-electron chi connectivity index (χ4n) is 1.71. The molecule has 1 aromatic carbocycles. The zero-order chi connectivity index (χ0) is 13.8. The highest BCUT2D eigenvalue weighted by atomic mass is 16.5. The number of hydrogen-bond donors (Lipinski definition) is 2. The molecule has 0 bridgehead atoms. The first kappa shape index (κ1) is 13.2. The van der Waals surface area contributed by atoms with Crippen LogP contribution in [0.4, 0.5) is 0 Å². The first-order valence-corrected chi connectivity index (χ1v) is 6.00. The van der Waals surface area contributed by atoms with E-state index in [4.69, 9.17) is 10.5 Å². The Morgan fingerprint density at radius 3 is 2.79 bits per heavy atom. The summed E-state index contributed by atoms with van der Waals surface area (Å²) in [6, 6.07) is 6.35. The number of aryl methyl sites for hydroxylation is 1. The van der Waals surface area contributed by atoms with E-state index in [1.54, 1.807) is 0 Å². The molecule has 100 valence electrons. The highest BCUT2D eigenvalue weighted by molar-refractivity contribution is 6.18. The normalized spacial score (nSPS) is 18.8. The SMILES string of the molecule is CCc1ccccc1OCC1=NC(=O)C(N)C(=O)N1. The summed E-state index contributed by atoms with van der Waals surface area (Å²) in [7, 11) is 0. The van der Waals surface area contributed by atoms with E-state index in [-0.39, 0.29) is 12.4 Å². The summed E-state index contributed by atoms with van der Waals surface area (Å²) in [5.41, 5.74) is 6.38. The van der Waals surface area contributed by atoms with Crippen LogP contribution in [0.5, 0.6) is 5.75 Å². The van der Waals surface area contributed by atoms with Crippen LogP contribution >= 0.6 is 0 Å². The van der Waals surface area contributed by atoms with Crippen LogP contribution in [0.25, 0.3) is 0 Å². The molecule has 1 aliphatic rings. The summed E-state index contributed by atoms with van der Waals surface area (Å²) < 4.78 is 5.56. The molecule has 1 aliphatic heterocycles. The molecule has 0 aliphatic carbocycles. The summed E-state index contributed by atoms with van der Waals surface area (Å²) in [5.74, 6) is -0.305. The van der Waals surface area contributed by atoms with Gasteiger partial charge in [-0.2, -0.15) is 4.99 Å². The third-order valence-corrected chi connectivity index (χ3v) is 2.78. The molecule has 19 heavy (non-hydrogen) atoms. The minimum absolute atomic E-state index is 0.0290. The van der Waals surface area contributed by atoms with Crippen molar-refractivity contribution in [3.63, 3.8) is 0 Å². The average Bonchev–Trinajstić information content (AvgIpc) is 2.42. The van der Waals surface area contributed by atoms with Gasteiger partial charge in [-0.3, -0.25) is 9.59 Å². The number of aliphatic imine (C=N–C) groups is 1. The Morgan fingerprint density at radius 2 is 2.11 bits per heavy atom. The molecule has 6 nitrogen and oxygen atoms in total. The van der Waals surface area contributed by atoms with Gasteiger partial charge in [0.15, 0.2) is 11.9 Å². The minimum Gasteiger partial charge on any atom is -0.485 e. The summed E-state index contributed by atoms with van der Waals surface area (Å²) in [4.78, 5) is 26.4. The van der Waals surface area contributed by atoms with Crippen molar-refractivity contribution in [3.05, 3.63) is 29.8 Å². The largest absolute Gasteiger partial charge is 0.485 e. The number of benzene rings is 1. The Hall–Kier alpha value is -2.21. The van der Waals surface area contributed by atoms with Crippen LogP contribution in [-0.4, -0.2) is 30.3 Å². The number of rotatable bonds is 4. The Balaban J connectivity index is 2.05. The van der Waals surface area contributed by atoms with E-state index >= 15 is 0 Å². The standard InChI is InChI=1S/C13H15N3O3/c1-2-8-5-3-4-6-9(8)19-7-10-15-12(17)11(14)13(18)16-10/h3-6,11H,2,7,14H2,1H3,(H,15,16,17,18). The number of carbonyl (C=O) groups is 2. The summed E-state index contributed by atoms with van der Waals surface area (Å²) in [6.07, 6.45) is 0.832. The van der Waals surface area contributed by atoms with Crippen molar-refractivity contribution >= 4 is 17.6 Å². The second-order valence-electron chi connectivity index (χ2n) is 4.11. The lowest BCUT2D eigenvalue weighted by Gasteiger charge is -2.18. The summed E-state index contributed by atoms with van der Waals surface area (Å²) >= 11 is 0. The van der Waals surface area contributed by atoms with Gasteiger partial charge in [-0.25, -0.2) is 0 Å². The van der Waals surface area contributed by atoms with Gasteiger partial charge in [0.2, 0.25) is 0 Å². The molecular formula is C13H15N3O3. The number of para-hydroxylation sites is 1. The highest BCUT2D eigenvalue weighted by Gasteiger charge is 2.28. The van der Waals surface area contributed by atoms with Crippen LogP contribution < -0.4 is 15.8 Å². The lowest BCUT2D eigenvalue weighted by molar-refractivity contribution is -0.129. The zero-order valence-corrected chi connectivity index (χ0v) is 10.6. The van der Waals surface area contributed by atoms with Crippen molar-refractivity contribution in [1.82, 2.24) is 5.32 Å². The van der Waals surface area contributed by atoms with E-state index in [1.165, 1.54) is 0 Å². The topological polar surface area (TPSA) is 93.8 Å².